The minimum atomic E-state index is -1.01. The van der Waals surface area contributed by atoms with E-state index in [4.69, 9.17) is 16.2 Å². The van der Waals surface area contributed by atoms with Gasteiger partial charge in [-0.05, 0) is 73.5 Å². The highest BCUT2D eigenvalue weighted by Crippen LogP contribution is 2.69. The van der Waals surface area contributed by atoms with E-state index < -0.39 is 11.0 Å². The van der Waals surface area contributed by atoms with Crippen molar-refractivity contribution in [3.8, 4) is 11.5 Å². The van der Waals surface area contributed by atoms with Gasteiger partial charge >= 0.3 is 0 Å². The predicted molar refractivity (Wildman–Crippen MR) is 139 cm³/mol. The number of hydrogen-bond acceptors (Lipinski definition) is 5. The van der Waals surface area contributed by atoms with Crippen LogP contribution in [-0.2, 0) is 18.3 Å². The first-order valence-electron chi connectivity index (χ1n) is 12.6. The van der Waals surface area contributed by atoms with Crippen LogP contribution in [0.25, 0.3) is 10.9 Å². The fourth-order valence-corrected chi connectivity index (χ4v) is 7.83. The zero-order chi connectivity index (χ0) is 23.7. The van der Waals surface area contributed by atoms with Gasteiger partial charge in [0, 0.05) is 35.5 Å². The molecule has 2 aromatic carbocycles. The summed E-state index contributed by atoms with van der Waals surface area (Å²) in [6.07, 6.45) is 4.27. The summed E-state index contributed by atoms with van der Waals surface area (Å²) < 4.78 is 6.63. The average molecular weight is 508 g/mol. The number of ether oxygens (including phenoxy) is 1. The topological polar surface area (TPSA) is 133 Å². The molecular formula is C27H30ClN5O3. The van der Waals surface area contributed by atoms with Crippen LogP contribution in [0.5, 0.6) is 11.5 Å². The Morgan fingerprint density at radius 3 is 2.83 bits per heavy atom. The molecule has 3 aliphatic carbocycles. The number of hydrogen-bond donors (Lipinski definition) is 5. The Balaban J connectivity index is 0.00000220. The Morgan fingerprint density at radius 2 is 2.06 bits per heavy atom. The van der Waals surface area contributed by atoms with Gasteiger partial charge in [-0.1, -0.05) is 6.07 Å². The molecule has 4 atom stereocenters. The number of benzene rings is 2. The molecule has 2 aliphatic heterocycles. The molecule has 1 aromatic heterocycles. The molecule has 0 amide bonds. The number of halogens is 1. The van der Waals surface area contributed by atoms with Gasteiger partial charge in [0.15, 0.2) is 23.6 Å². The van der Waals surface area contributed by atoms with Crippen molar-refractivity contribution >= 4 is 35.0 Å². The number of aliphatic imine (C=N–C) groups is 1. The highest BCUT2D eigenvalue weighted by Gasteiger charge is 2.72. The lowest BCUT2D eigenvalue weighted by atomic mass is 9.49. The number of fused-ring (bicyclic) bond motifs is 4. The number of aromatic nitrogens is 1. The summed E-state index contributed by atoms with van der Waals surface area (Å²) >= 11 is 0. The van der Waals surface area contributed by atoms with E-state index in [9.17, 15) is 10.2 Å². The maximum Gasteiger partial charge on any atom is 0.191 e. The smallest absolute Gasteiger partial charge is 0.191 e. The Hall–Kier alpha value is -2.94. The van der Waals surface area contributed by atoms with Gasteiger partial charge in [-0.2, -0.15) is 0 Å². The van der Waals surface area contributed by atoms with E-state index in [-0.39, 0.29) is 36.3 Å². The van der Waals surface area contributed by atoms with Crippen LogP contribution in [0.2, 0.25) is 0 Å². The second-order valence-electron chi connectivity index (χ2n) is 11.2. The molecule has 7 N–H and O–H groups in total. The molecule has 1 saturated heterocycles. The van der Waals surface area contributed by atoms with Gasteiger partial charge < -0.3 is 31.4 Å². The van der Waals surface area contributed by atoms with Crippen molar-refractivity contribution in [1.82, 2.24) is 9.88 Å². The minimum Gasteiger partial charge on any atom is -0.504 e. The van der Waals surface area contributed by atoms with Crippen LogP contribution >= 0.6 is 12.4 Å². The van der Waals surface area contributed by atoms with Crippen molar-refractivity contribution in [2.45, 2.75) is 55.3 Å². The zero-order valence-electron chi connectivity index (χ0n) is 19.8. The summed E-state index contributed by atoms with van der Waals surface area (Å²) in [5.74, 6) is 1.46. The van der Waals surface area contributed by atoms with Crippen LogP contribution in [0, 0.1) is 5.92 Å². The molecule has 2 fully saturated rings. The highest BCUT2D eigenvalue weighted by atomic mass is 35.5. The number of guanidine groups is 1. The van der Waals surface area contributed by atoms with Gasteiger partial charge in [0.2, 0.25) is 0 Å². The quantitative estimate of drug-likeness (QED) is 0.273. The van der Waals surface area contributed by atoms with E-state index in [1.54, 1.807) is 6.07 Å². The summed E-state index contributed by atoms with van der Waals surface area (Å²) in [4.78, 5) is 10.4. The number of aromatic amines is 1. The van der Waals surface area contributed by atoms with E-state index in [1.165, 1.54) is 18.4 Å². The Kier molecular flexibility index (Phi) is 4.38. The first kappa shape index (κ1) is 22.3. The Bertz CT molecular complexity index is 1460. The molecule has 8 nitrogen and oxygen atoms in total. The fraction of sp³-hybridized carbons (Fsp3) is 0.444. The normalized spacial score (nSPS) is 31.2. The summed E-state index contributed by atoms with van der Waals surface area (Å²) in [6.45, 7) is 1.98. The third-order valence-electron chi connectivity index (χ3n) is 9.40. The number of phenolic OH excluding ortho intramolecular Hbond substituents is 1. The van der Waals surface area contributed by atoms with Crippen molar-refractivity contribution in [3.63, 3.8) is 0 Å². The molecule has 3 aromatic rings. The largest absolute Gasteiger partial charge is 0.504 e. The molecule has 3 heterocycles. The molecule has 5 aliphatic rings. The standard InChI is InChI=1S/C27H29N5O3.ClH/c28-25(29)30-15-4-5-18-16(10-15)17-11-27(34)20-9-14-3-6-19(33)23-21(14)26(27,24(35-23)22(17)31-18)7-8-32(20)12-13-1-2-13;/h3-6,10,13,20,24,31,33-34H,1-2,7-9,11-12H2,(H4,28,29,30);1H/t20-,24?,26+,27-;/m1./s1. The minimum absolute atomic E-state index is 0. The van der Waals surface area contributed by atoms with Crippen LogP contribution in [0.15, 0.2) is 35.3 Å². The number of H-pyrrole nitrogens is 1. The third kappa shape index (κ3) is 2.59. The van der Waals surface area contributed by atoms with E-state index in [2.05, 4.69) is 14.9 Å². The number of nitrogens with zero attached hydrogens (tertiary/aromatic N) is 2. The van der Waals surface area contributed by atoms with Gasteiger partial charge in [0.1, 0.15) is 0 Å². The second kappa shape index (κ2) is 7.09. The summed E-state index contributed by atoms with van der Waals surface area (Å²) in [5.41, 5.74) is 15.6. The first-order valence-corrected chi connectivity index (χ1v) is 12.6. The van der Waals surface area contributed by atoms with Crippen molar-refractivity contribution in [1.29, 1.82) is 0 Å². The fourth-order valence-electron chi connectivity index (χ4n) is 7.83. The van der Waals surface area contributed by atoms with Crippen molar-refractivity contribution < 1.29 is 14.9 Å². The number of phenols is 1. The average Bonchev–Trinajstić information content (AvgIpc) is 3.46. The molecule has 9 heteroatoms. The SMILES string of the molecule is Cl.NC(N)=Nc1ccc2[nH]c3c(c2c1)C[C@@]1(O)[C@H]2Cc4ccc(O)c5c4[C@@]1(CCN2CC1CC1)C3O5. The maximum absolute atomic E-state index is 12.9. The third-order valence-corrected chi connectivity index (χ3v) is 9.40. The molecule has 188 valence electrons. The summed E-state index contributed by atoms with van der Waals surface area (Å²) in [5, 5.41) is 24.7. The number of nitrogens with one attached hydrogen (secondary N) is 1. The van der Waals surface area contributed by atoms with Crippen molar-refractivity contribution in [2.24, 2.45) is 22.4 Å². The predicted octanol–water partition coefficient (Wildman–Crippen LogP) is 2.90. The lowest BCUT2D eigenvalue weighted by Gasteiger charge is -2.62. The van der Waals surface area contributed by atoms with Crippen LogP contribution in [0.4, 0.5) is 5.69 Å². The number of aromatic hydroxyl groups is 1. The van der Waals surface area contributed by atoms with Gasteiger partial charge in [-0.15, -0.1) is 12.4 Å². The van der Waals surface area contributed by atoms with Crippen LogP contribution in [0.3, 0.4) is 0 Å². The lowest BCUT2D eigenvalue weighted by molar-refractivity contribution is -0.173. The molecule has 1 spiro atoms. The number of aliphatic hydroxyl groups is 1. The molecule has 36 heavy (non-hydrogen) atoms. The molecular weight excluding hydrogens is 478 g/mol. The van der Waals surface area contributed by atoms with Gasteiger partial charge in [-0.3, -0.25) is 4.90 Å². The highest BCUT2D eigenvalue weighted by molar-refractivity contribution is 5.90. The zero-order valence-corrected chi connectivity index (χ0v) is 20.6. The van der Waals surface area contributed by atoms with Crippen LogP contribution in [-0.4, -0.2) is 50.8 Å². The number of nitrogens with two attached hydrogens (primary N) is 2. The van der Waals surface area contributed by atoms with Crippen molar-refractivity contribution in [2.75, 3.05) is 13.1 Å². The first-order chi connectivity index (χ1) is 16.9. The number of piperidine rings is 1. The maximum atomic E-state index is 12.9. The van der Waals surface area contributed by atoms with Gasteiger partial charge in [0.05, 0.1) is 22.4 Å². The van der Waals surface area contributed by atoms with Crippen LogP contribution < -0.4 is 16.2 Å². The van der Waals surface area contributed by atoms with E-state index >= 15 is 0 Å². The molecule has 1 unspecified atom stereocenters. The molecule has 1 saturated carbocycles. The summed E-state index contributed by atoms with van der Waals surface area (Å²) in [7, 11) is 0. The Morgan fingerprint density at radius 1 is 1.22 bits per heavy atom. The molecule has 2 bridgehead atoms. The second-order valence-corrected chi connectivity index (χ2v) is 11.2. The molecule has 0 radical (unpaired) electrons. The Labute approximate surface area is 214 Å². The van der Waals surface area contributed by atoms with E-state index in [0.29, 0.717) is 17.9 Å². The van der Waals surface area contributed by atoms with Gasteiger partial charge in [0.25, 0.3) is 0 Å². The lowest BCUT2D eigenvalue weighted by Crippen LogP contribution is -2.74. The number of rotatable bonds is 3. The van der Waals surface area contributed by atoms with Crippen molar-refractivity contribution in [3.05, 3.63) is 52.7 Å². The van der Waals surface area contributed by atoms with Crippen LogP contribution in [0.1, 0.15) is 47.8 Å². The van der Waals surface area contributed by atoms with E-state index in [1.807, 2.05) is 24.3 Å². The monoisotopic (exact) mass is 507 g/mol. The van der Waals surface area contributed by atoms with Gasteiger partial charge in [-0.25, -0.2) is 4.99 Å². The number of likely N-dealkylation sites (tertiary alicyclic amines) is 1. The van der Waals surface area contributed by atoms with E-state index in [0.717, 1.165) is 59.6 Å². The summed E-state index contributed by atoms with van der Waals surface area (Å²) in [6, 6.07) is 9.64. The molecule has 8 rings (SSSR count).